The van der Waals surface area contributed by atoms with Crippen LogP contribution in [0.4, 0.5) is 10.6 Å². The number of aliphatic hydroxyl groups excluding tert-OH is 1. The molecule has 0 bridgehead atoms. The third kappa shape index (κ3) is 6.01. The summed E-state index contributed by atoms with van der Waals surface area (Å²) in [7, 11) is 0. The van der Waals surface area contributed by atoms with Crippen LogP contribution in [0.25, 0.3) is 16.7 Å². The number of amides is 1. The van der Waals surface area contributed by atoms with Gasteiger partial charge in [0.25, 0.3) is 0 Å². The highest BCUT2D eigenvalue weighted by Crippen LogP contribution is 2.34. The number of rotatable bonds is 5. The second-order valence-corrected chi connectivity index (χ2v) is 11.5. The number of piperidine rings is 1. The Hall–Kier alpha value is -3.24. The Bertz CT molecular complexity index is 1330. The third-order valence-corrected chi connectivity index (χ3v) is 7.49. The molecule has 5 rings (SSSR count). The van der Waals surface area contributed by atoms with E-state index in [-0.39, 0.29) is 18.8 Å². The minimum absolute atomic E-state index is 0.0162. The number of likely N-dealkylation sites (tertiary alicyclic amines) is 1. The largest absolute Gasteiger partial charge is 0.444 e. The highest BCUT2D eigenvalue weighted by Gasteiger charge is 2.29. The maximum Gasteiger partial charge on any atom is 0.410 e. The second-order valence-electron chi connectivity index (χ2n) is 11.5. The maximum absolute atomic E-state index is 12.6. The van der Waals surface area contributed by atoms with Gasteiger partial charge in [-0.25, -0.2) is 19.4 Å². The Kier molecular flexibility index (Phi) is 7.77. The Morgan fingerprint density at radius 3 is 2.56 bits per heavy atom. The first-order valence-electron chi connectivity index (χ1n) is 14.0. The van der Waals surface area contributed by atoms with Crippen molar-refractivity contribution in [2.24, 2.45) is 0 Å². The van der Waals surface area contributed by atoms with Gasteiger partial charge in [0.15, 0.2) is 5.82 Å². The van der Waals surface area contributed by atoms with E-state index >= 15 is 0 Å². The lowest BCUT2D eigenvalue weighted by atomic mass is 9.86. The van der Waals surface area contributed by atoms with Crippen molar-refractivity contribution >= 4 is 22.8 Å². The van der Waals surface area contributed by atoms with Gasteiger partial charge in [0.05, 0.1) is 31.0 Å². The Morgan fingerprint density at radius 1 is 1.13 bits per heavy atom. The van der Waals surface area contributed by atoms with E-state index in [1.807, 2.05) is 49.5 Å². The number of fused-ring (bicyclic) bond motifs is 1. The van der Waals surface area contributed by atoms with Crippen molar-refractivity contribution in [3.05, 3.63) is 41.3 Å². The summed E-state index contributed by atoms with van der Waals surface area (Å²) in [6.45, 7) is 13.1. The van der Waals surface area contributed by atoms with Crippen LogP contribution < -0.4 is 4.90 Å². The van der Waals surface area contributed by atoms with Gasteiger partial charge in [-0.2, -0.15) is 5.10 Å². The first-order valence-corrected chi connectivity index (χ1v) is 14.0. The number of aliphatic hydroxyl groups is 1. The first kappa shape index (κ1) is 27.3. The molecular formula is C29H40N6O4. The molecule has 1 atom stereocenters. The van der Waals surface area contributed by atoms with Crippen molar-refractivity contribution in [2.45, 2.75) is 71.5 Å². The monoisotopic (exact) mass is 536 g/mol. The number of carbonyl (C=O) groups excluding carboxylic acids is 1. The number of aryl methyl sites for hydroxylation is 2. The number of aromatic nitrogens is 4. The molecule has 2 aliphatic heterocycles. The Balaban J connectivity index is 1.42. The van der Waals surface area contributed by atoms with Gasteiger partial charge in [-0.3, -0.25) is 0 Å². The highest BCUT2D eigenvalue weighted by molar-refractivity contribution is 5.82. The van der Waals surface area contributed by atoms with Crippen molar-refractivity contribution in [1.29, 1.82) is 0 Å². The van der Waals surface area contributed by atoms with E-state index in [4.69, 9.17) is 24.5 Å². The molecular weight excluding hydrogens is 496 g/mol. The SMILES string of the molecule is CCc1nc(N2CCO[C@H](CO)C2)cc(-n2ncc3cc(C)c(C4CCN(C(=O)OC(C)(C)C)CC4)cc32)n1. The zero-order valence-corrected chi connectivity index (χ0v) is 23.7. The quantitative estimate of drug-likeness (QED) is 0.522. The van der Waals surface area contributed by atoms with Crippen LogP contribution >= 0.6 is 0 Å². The lowest BCUT2D eigenvalue weighted by Gasteiger charge is -2.34. The lowest BCUT2D eigenvalue weighted by molar-refractivity contribution is 0.00334. The van der Waals surface area contributed by atoms with Gasteiger partial charge in [0.1, 0.15) is 17.2 Å². The van der Waals surface area contributed by atoms with Crippen molar-refractivity contribution in [3.63, 3.8) is 0 Å². The molecule has 2 aliphatic rings. The number of carbonyl (C=O) groups is 1. The summed E-state index contributed by atoms with van der Waals surface area (Å²) in [5.41, 5.74) is 3.04. The number of ether oxygens (including phenoxy) is 2. The Morgan fingerprint density at radius 2 is 1.87 bits per heavy atom. The smallest absolute Gasteiger partial charge is 0.410 e. The van der Waals surface area contributed by atoms with Crippen LogP contribution in [0, 0.1) is 6.92 Å². The van der Waals surface area contributed by atoms with E-state index in [1.54, 1.807) is 0 Å². The van der Waals surface area contributed by atoms with Crippen LogP contribution in [0.5, 0.6) is 0 Å². The molecule has 1 aromatic carbocycles. The molecule has 0 radical (unpaired) electrons. The number of hydrogen-bond acceptors (Lipinski definition) is 8. The van der Waals surface area contributed by atoms with Crippen LogP contribution in [-0.4, -0.2) is 86.9 Å². The zero-order valence-electron chi connectivity index (χ0n) is 23.7. The van der Waals surface area contributed by atoms with Crippen LogP contribution in [0.2, 0.25) is 0 Å². The molecule has 0 saturated carbocycles. The van der Waals surface area contributed by atoms with Crippen LogP contribution in [0.1, 0.15) is 63.4 Å². The van der Waals surface area contributed by atoms with Crippen LogP contribution in [0.3, 0.4) is 0 Å². The summed E-state index contributed by atoms with van der Waals surface area (Å²) in [5.74, 6) is 2.66. The van der Waals surface area contributed by atoms with Crippen molar-refractivity contribution < 1.29 is 19.4 Å². The average Bonchev–Trinajstić information content (AvgIpc) is 3.34. The molecule has 2 saturated heterocycles. The first-order chi connectivity index (χ1) is 18.6. The molecule has 10 nitrogen and oxygen atoms in total. The van der Waals surface area contributed by atoms with E-state index in [2.05, 4.69) is 24.0 Å². The standard InChI is InChI=1S/C29H40N6O4/c1-6-25-31-26(34-11-12-38-22(17-34)18-36)15-27(32-25)35-24-14-23(19(2)13-21(24)16-30-35)20-7-9-33(10-8-20)28(37)39-29(3,4)5/h13-16,20,22,36H,6-12,17-18H2,1-5H3/t22-/m0/s1. The summed E-state index contributed by atoms with van der Waals surface area (Å²) in [6, 6.07) is 6.42. The maximum atomic E-state index is 12.6. The summed E-state index contributed by atoms with van der Waals surface area (Å²) < 4.78 is 13.1. The molecule has 0 spiro atoms. The van der Waals surface area contributed by atoms with Gasteiger partial charge in [0.2, 0.25) is 0 Å². The topological polar surface area (TPSA) is 106 Å². The Labute approximate surface area is 229 Å². The van der Waals surface area contributed by atoms with Crippen LogP contribution in [-0.2, 0) is 15.9 Å². The summed E-state index contributed by atoms with van der Waals surface area (Å²) in [6.07, 6.45) is 3.92. The number of morpholine rings is 1. The molecule has 10 heteroatoms. The van der Waals surface area contributed by atoms with Gasteiger partial charge in [-0.1, -0.05) is 6.92 Å². The van der Waals surface area contributed by atoms with E-state index in [0.717, 1.165) is 41.2 Å². The minimum atomic E-state index is -0.491. The number of anilines is 1. The minimum Gasteiger partial charge on any atom is -0.444 e. The number of hydrogen-bond donors (Lipinski definition) is 1. The number of nitrogens with zero attached hydrogens (tertiary/aromatic N) is 6. The predicted octanol–water partition coefficient (Wildman–Crippen LogP) is 4.00. The van der Waals surface area contributed by atoms with Crippen molar-refractivity contribution in [2.75, 3.05) is 44.3 Å². The summed E-state index contributed by atoms with van der Waals surface area (Å²) in [5, 5.41) is 15.4. The molecule has 2 fully saturated rings. The third-order valence-electron chi connectivity index (χ3n) is 7.49. The van der Waals surface area contributed by atoms with Gasteiger partial charge >= 0.3 is 6.09 Å². The second kappa shape index (κ2) is 11.1. The fraction of sp³-hybridized carbons (Fsp3) is 0.586. The van der Waals surface area contributed by atoms with E-state index in [9.17, 15) is 9.90 Å². The number of benzene rings is 1. The van der Waals surface area contributed by atoms with Crippen molar-refractivity contribution in [3.8, 4) is 5.82 Å². The van der Waals surface area contributed by atoms with Gasteiger partial charge in [-0.15, -0.1) is 0 Å². The fourth-order valence-corrected chi connectivity index (χ4v) is 5.46. The molecule has 2 aromatic heterocycles. The molecule has 0 unspecified atom stereocenters. The molecule has 4 heterocycles. The van der Waals surface area contributed by atoms with E-state index < -0.39 is 5.60 Å². The van der Waals surface area contributed by atoms with Gasteiger partial charge < -0.3 is 24.4 Å². The molecule has 0 aliphatic carbocycles. The normalized spacial score (nSPS) is 19.1. The van der Waals surface area contributed by atoms with Crippen molar-refractivity contribution in [1.82, 2.24) is 24.6 Å². The van der Waals surface area contributed by atoms with Gasteiger partial charge in [-0.05, 0) is 69.7 Å². The summed E-state index contributed by atoms with van der Waals surface area (Å²) >= 11 is 0. The van der Waals surface area contributed by atoms with E-state index in [1.165, 1.54) is 11.1 Å². The molecule has 3 aromatic rings. The molecule has 1 N–H and O–H groups in total. The molecule has 1 amide bonds. The molecule has 210 valence electrons. The fourth-order valence-electron chi connectivity index (χ4n) is 5.46. The van der Waals surface area contributed by atoms with E-state index in [0.29, 0.717) is 45.1 Å². The summed E-state index contributed by atoms with van der Waals surface area (Å²) in [4.78, 5) is 26.1. The molecule has 39 heavy (non-hydrogen) atoms. The highest BCUT2D eigenvalue weighted by atomic mass is 16.6. The van der Waals surface area contributed by atoms with Gasteiger partial charge in [0, 0.05) is 44.1 Å². The average molecular weight is 537 g/mol. The predicted molar refractivity (Wildman–Crippen MR) is 150 cm³/mol. The van der Waals surface area contributed by atoms with Crippen LogP contribution in [0.15, 0.2) is 24.4 Å². The lowest BCUT2D eigenvalue weighted by Crippen LogP contribution is -2.44. The zero-order chi connectivity index (χ0) is 27.7.